The zero-order valence-corrected chi connectivity index (χ0v) is 16.2. The van der Waals surface area contributed by atoms with E-state index in [1.807, 2.05) is 21.0 Å². The van der Waals surface area contributed by atoms with E-state index in [1.165, 1.54) is 16.8 Å². The molecule has 0 bridgehead atoms. The maximum absolute atomic E-state index is 4.52. The molecule has 0 fully saturated rings. The minimum Gasteiger partial charge on any atom is -0.377 e. The van der Waals surface area contributed by atoms with Gasteiger partial charge < -0.3 is 15.1 Å². The number of rotatable bonds is 5. The molecule has 1 N–H and O–H groups in total. The van der Waals surface area contributed by atoms with E-state index < -0.39 is 0 Å². The smallest absolute Gasteiger partial charge is 0.194 e. The van der Waals surface area contributed by atoms with Gasteiger partial charge in [-0.15, -0.1) is 11.3 Å². The van der Waals surface area contributed by atoms with Crippen LogP contribution in [0.15, 0.2) is 28.6 Å². The van der Waals surface area contributed by atoms with E-state index >= 15 is 0 Å². The Morgan fingerprint density at radius 1 is 1.25 bits per heavy atom. The highest BCUT2D eigenvalue weighted by Gasteiger charge is 2.10. The van der Waals surface area contributed by atoms with Gasteiger partial charge in [-0.25, -0.2) is 4.98 Å². The molecule has 5 nitrogen and oxygen atoms in total. The number of thiazole rings is 1. The number of aromatic nitrogens is 1. The van der Waals surface area contributed by atoms with Crippen LogP contribution in [0.5, 0.6) is 0 Å². The van der Waals surface area contributed by atoms with Crippen molar-refractivity contribution in [2.24, 2.45) is 4.99 Å². The Kier molecular flexibility index (Phi) is 6.20. The molecule has 0 atom stereocenters. The van der Waals surface area contributed by atoms with Gasteiger partial charge in [-0.3, -0.25) is 4.99 Å². The summed E-state index contributed by atoms with van der Waals surface area (Å²) in [7, 11) is 7.99. The number of benzene rings is 1. The predicted octanol–water partition coefficient (Wildman–Crippen LogP) is 3.03. The Morgan fingerprint density at radius 2 is 2.00 bits per heavy atom. The average Bonchev–Trinajstić information content (AvgIpc) is 2.93. The van der Waals surface area contributed by atoms with E-state index in [1.54, 1.807) is 11.3 Å². The van der Waals surface area contributed by atoms with E-state index in [2.05, 4.69) is 69.7 Å². The van der Waals surface area contributed by atoms with Gasteiger partial charge in [0.1, 0.15) is 0 Å². The van der Waals surface area contributed by atoms with E-state index in [0.717, 1.165) is 29.8 Å². The monoisotopic (exact) mass is 345 g/mol. The second-order valence-electron chi connectivity index (χ2n) is 6.14. The lowest BCUT2D eigenvalue weighted by atomic mass is 10.1. The minimum absolute atomic E-state index is 0.737. The fourth-order valence-electron chi connectivity index (χ4n) is 2.60. The standard InChI is InChI=1S/C18H27N5S/c1-13-7-8-15(17(9-13)22(4)5)10-20-18(19-3)23(6)11-16-12-24-14(2)21-16/h7-9,12H,10-11H2,1-6H3,(H,19,20). The van der Waals surface area contributed by atoms with Crippen LogP contribution in [0.2, 0.25) is 0 Å². The fourth-order valence-corrected chi connectivity index (χ4v) is 3.20. The molecule has 1 aromatic heterocycles. The van der Waals surface area contributed by atoms with E-state index in [4.69, 9.17) is 0 Å². The highest BCUT2D eigenvalue weighted by molar-refractivity contribution is 7.09. The highest BCUT2D eigenvalue weighted by atomic mass is 32.1. The number of nitrogens with one attached hydrogen (secondary N) is 1. The van der Waals surface area contributed by atoms with Crippen LogP contribution in [-0.4, -0.2) is 44.0 Å². The molecule has 6 heteroatoms. The molecule has 2 aromatic rings. The summed E-state index contributed by atoms with van der Waals surface area (Å²) in [4.78, 5) is 13.2. The normalized spacial score (nSPS) is 11.5. The Bertz CT molecular complexity index is 705. The van der Waals surface area contributed by atoms with Gasteiger partial charge in [0.25, 0.3) is 0 Å². The van der Waals surface area contributed by atoms with Crippen molar-refractivity contribution in [1.82, 2.24) is 15.2 Å². The van der Waals surface area contributed by atoms with Gasteiger partial charge in [0, 0.05) is 45.8 Å². The topological polar surface area (TPSA) is 43.8 Å². The van der Waals surface area contributed by atoms with E-state index in [0.29, 0.717) is 0 Å². The third-order valence-corrected chi connectivity index (χ3v) is 4.62. The first kappa shape index (κ1) is 18.3. The summed E-state index contributed by atoms with van der Waals surface area (Å²) in [5, 5.41) is 6.65. The van der Waals surface area contributed by atoms with Crippen molar-refractivity contribution in [1.29, 1.82) is 0 Å². The molecule has 0 saturated heterocycles. The Labute approximate surface area is 149 Å². The van der Waals surface area contributed by atoms with Gasteiger partial charge in [-0.1, -0.05) is 12.1 Å². The van der Waals surface area contributed by atoms with E-state index in [-0.39, 0.29) is 0 Å². The van der Waals surface area contributed by atoms with Gasteiger partial charge in [0.2, 0.25) is 0 Å². The molecular weight excluding hydrogens is 318 g/mol. The van der Waals surface area contributed by atoms with Crippen LogP contribution in [0.1, 0.15) is 21.8 Å². The zero-order valence-electron chi connectivity index (χ0n) is 15.4. The third-order valence-electron chi connectivity index (χ3n) is 3.80. The second kappa shape index (κ2) is 8.15. The molecular formula is C18H27N5S. The summed E-state index contributed by atoms with van der Waals surface area (Å²) in [5.41, 5.74) is 4.83. The Balaban J connectivity index is 2.03. The first-order chi connectivity index (χ1) is 11.4. The number of nitrogens with zero attached hydrogens (tertiary/aromatic N) is 4. The van der Waals surface area contributed by atoms with Gasteiger partial charge >= 0.3 is 0 Å². The maximum Gasteiger partial charge on any atom is 0.194 e. The molecule has 130 valence electrons. The van der Waals surface area contributed by atoms with Gasteiger partial charge in [-0.2, -0.15) is 0 Å². The molecule has 24 heavy (non-hydrogen) atoms. The van der Waals surface area contributed by atoms with Crippen LogP contribution >= 0.6 is 11.3 Å². The number of anilines is 1. The van der Waals surface area contributed by atoms with Crippen molar-refractivity contribution in [2.75, 3.05) is 33.1 Å². The first-order valence-corrected chi connectivity index (χ1v) is 8.88. The molecule has 0 aliphatic rings. The van der Waals surface area contributed by atoms with Crippen molar-refractivity contribution in [3.63, 3.8) is 0 Å². The molecule has 1 heterocycles. The summed E-state index contributed by atoms with van der Waals surface area (Å²) >= 11 is 1.68. The largest absolute Gasteiger partial charge is 0.377 e. The van der Waals surface area contributed by atoms with Gasteiger partial charge in [0.05, 0.1) is 17.2 Å². The molecule has 0 radical (unpaired) electrons. The lowest BCUT2D eigenvalue weighted by Crippen LogP contribution is -2.38. The summed E-state index contributed by atoms with van der Waals surface area (Å²) in [5.74, 6) is 0.867. The highest BCUT2D eigenvalue weighted by Crippen LogP contribution is 2.20. The second-order valence-corrected chi connectivity index (χ2v) is 7.20. The summed E-state index contributed by atoms with van der Waals surface area (Å²) in [6, 6.07) is 6.53. The average molecular weight is 346 g/mol. The number of hydrogen-bond acceptors (Lipinski definition) is 4. The quantitative estimate of drug-likeness (QED) is 0.668. The van der Waals surface area contributed by atoms with E-state index in [9.17, 15) is 0 Å². The minimum atomic E-state index is 0.737. The fraction of sp³-hybridized carbons (Fsp3) is 0.444. The van der Waals surface area contributed by atoms with Crippen molar-refractivity contribution >= 4 is 23.0 Å². The van der Waals surface area contributed by atoms with Crippen LogP contribution in [0, 0.1) is 13.8 Å². The molecule has 2 rings (SSSR count). The molecule has 0 amide bonds. The Hall–Kier alpha value is -2.08. The summed E-state index contributed by atoms with van der Waals surface area (Å²) in [6.07, 6.45) is 0. The third kappa shape index (κ3) is 4.71. The number of hydrogen-bond donors (Lipinski definition) is 1. The van der Waals surface area contributed by atoms with Crippen LogP contribution in [0.3, 0.4) is 0 Å². The van der Waals surface area contributed by atoms with Crippen LogP contribution in [0.25, 0.3) is 0 Å². The molecule has 0 aliphatic carbocycles. The van der Waals surface area contributed by atoms with Crippen molar-refractivity contribution in [2.45, 2.75) is 26.9 Å². The van der Waals surface area contributed by atoms with Crippen molar-refractivity contribution < 1.29 is 0 Å². The van der Waals surface area contributed by atoms with Crippen LogP contribution < -0.4 is 10.2 Å². The molecule has 0 aliphatic heterocycles. The lowest BCUT2D eigenvalue weighted by Gasteiger charge is -2.23. The van der Waals surface area contributed by atoms with Gasteiger partial charge in [0.15, 0.2) is 5.96 Å². The summed E-state index contributed by atoms with van der Waals surface area (Å²) in [6.45, 7) is 5.63. The molecule has 0 saturated carbocycles. The lowest BCUT2D eigenvalue weighted by molar-refractivity contribution is 0.470. The maximum atomic E-state index is 4.52. The van der Waals surface area contributed by atoms with Crippen molar-refractivity contribution in [3.05, 3.63) is 45.4 Å². The first-order valence-electron chi connectivity index (χ1n) is 8.00. The zero-order chi connectivity index (χ0) is 17.7. The van der Waals surface area contributed by atoms with Gasteiger partial charge in [-0.05, 0) is 31.0 Å². The number of guanidine groups is 1. The van der Waals surface area contributed by atoms with Crippen LogP contribution in [0.4, 0.5) is 5.69 Å². The SMILES string of the molecule is CN=C(NCc1ccc(C)cc1N(C)C)N(C)Cc1csc(C)n1. The molecule has 0 unspecified atom stereocenters. The summed E-state index contributed by atoms with van der Waals surface area (Å²) < 4.78 is 0. The predicted molar refractivity (Wildman–Crippen MR) is 104 cm³/mol. The van der Waals surface area contributed by atoms with Crippen molar-refractivity contribution in [3.8, 4) is 0 Å². The number of aliphatic imine (C=N–C) groups is 1. The van der Waals surface area contributed by atoms with Crippen LogP contribution in [-0.2, 0) is 13.1 Å². The Morgan fingerprint density at radius 3 is 2.58 bits per heavy atom. The molecule has 1 aromatic carbocycles. The number of aryl methyl sites for hydroxylation is 2. The molecule has 0 spiro atoms.